The van der Waals surface area contributed by atoms with Gasteiger partial charge in [-0.2, -0.15) is 0 Å². The Kier molecular flexibility index (Phi) is 7.20. The zero-order chi connectivity index (χ0) is 21.6. The van der Waals surface area contributed by atoms with E-state index in [0.717, 1.165) is 36.4 Å². The number of methoxy groups -OCH3 is 2. The van der Waals surface area contributed by atoms with Crippen molar-refractivity contribution in [3.63, 3.8) is 0 Å². The molecule has 0 aliphatic heterocycles. The Labute approximate surface area is 177 Å². The zero-order valence-corrected chi connectivity index (χ0v) is 18.1. The van der Waals surface area contributed by atoms with Gasteiger partial charge < -0.3 is 14.2 Å². The molecule has 0 spiro atoms. The highest BCUT2D eigenvalue weighted by Gasteiger charge is 2.31. The molecule has 1 fully saturated rings. The van der Waals surface area contributed by atoms with Crippen LogP contribution in [0.3, 0.4) is 0 Å². The van der Waals surface area contributed by atoms with E-state index in [1.165, 1.54) is 32.4 Å². The Balaban J connectivity index is 1.98. The molecule has 1 aliphatic carbocycles. The maximum absolute atomic E-state index is 13.5. The van der Waals surface area contributed by atoms with Crippen LogP contribution in [0.5, 0.6) is 11.5 Å². The van der Waals surface area contributed by atoms with Crippen LogP contribution in [0.15, 0.2) is 53.4 Å². The highest BCUT2D eigenvalue weighted by atomic mass is 32.2. The number of hydrogen-bond acceptors (Lipinski definition) is 6. The van der Waals surface area contributed by atoms with Gasteiger partial charge in [-0.25, -0.2) is 8.42 Å². The number of sulfonamides is 1. The van der Waals surface area contributed by atoms with Crippen molar-refractivity contribution in [1.29, 1.82) is 0 Å². The molecule has 3 rings (SSSR count). The van der Waals surface area contributed by atoms with Gasteiger partial charge in [-0.1, -0.05) is 24.6 Å². The van der Waals surface area contributed by atoms with Crippen LogP contribution in [-0.2, 0) is 19.6 Å². The molecule has 7 nitrogen and oxygen atoms in total. The predicted molar refractivity (Wildman–Crippen MR) is 113 cm³/mol. The Morgan fingerprint density at radius 3 is 2.33 bits per heavy atom. The summed E-state index contributed by atoms with van der Waals surface area (Å²) in [5.41, 5.74) is 0.210. The van der Waals surface area contributed by atoms with Crippen LogP contribution in [0.2, 0.25) is 0 Å². The lowest BCUT2D eigenvalue weighted by atomic mass is 9.98. The van der Waals surface area contributed by atoms with E-state index in [4.69, 9.17) is 14.2 Å². The van der Waals surface area contributed by atoms with Crippen molar-refractivity contribution in [3.8, 4) is 11.5 Å². The fraction of sp³-hybridized carbons (Fsp3) is 0.409. The minimum Gasteiger partial charge on any atom is -0.497 e. The van der Waals surface area contributed by atoms with Crippen molar-refractivity contribution >= 4 is 21.7 Å². The van der Waals surface area contributed by atoms with E-state index in [1.54, 1.807) is 30.3 Å². The Hall–Kier alpha value is -2.74. The van der Waals surface area contributed by atoms with Gasteiger partial charge in [0.25, 0.3) is 10.0 Å². The summed E-state index contributed by atoms with van der Waals surface area (Å²) >= 11 is 0. The molecule has 0 N–H and O–H groups in total. The number of rotatable bonds is 8. The number of nitrogens with zero attached hydrogens (tertiary/aromatic N) is 1. The summed E-state index contributed by atoms with van der Waals surface area (Å²) in [4.78, 5) is 12.8. The van der Waals surface area contributed by atoms with Crippen LogP contribution in [0.4, 0.5) is 5.69 Å². The van der Waals surface area contributed by atoms with Crippen LogP contribution in [0, 0.1) is 0 Å². The summed E-state index contributed by atoms with van der Waals surface area (Å²) in [5.74, 6) is 0.159. The summed E-state index contributed by atoms with van der Waals surface area (Å²) < 4.78 is 44.1. The Morgan fingerprint density at radius 2 is 1.70 bits per heavy atom. The standard InChI is InChI=1S/C22H27NO6S/c1-27-18-13-14-21(28-2)20(15-18)23(30(25,26)19-11-7-4-8-12-19)16-22(24)29-17-9-5-3-6-10-17/h4,7-8,11-15,17H,3,5-6,9-10,16H2,1-2H3. The normalized spacial score (nSPS) is 14.7. The van der Waals surface area contributed by atoms with E-state index in [1.807, 2.05) is 0 Å². The minimum absolute atomic E-state index is 0.0698. The average molecular weight is 434 g/mol. The number of benzene rings is 2. The van der Waals surface area contributed by atoms with E-state index in [-0.39, 0.29) is 16.7 Å². The molecular weight excluding hydrogens is 406 g/mol. The van der Waals surface area contributed by atoms with Gasteiger partial charge in [0.05, 0.1) is 24.8 Å². The molecule has 0 radical (unpaired) electrons. The highest BCUT2D eigenvalue weighted by molar-refractivity contribution is 7.92. The van der Waals surface area contributed by atoms with E-state index in [0.29, 0.717) is 11.5 Å². The van der Waals surface area contributed by atoms with E-state index in [2.05, 4.69) is 0 Å². The number of anilines is 1. The second-order valence-corrected chi connectivity index (χ2v) is 8.97. The highest BCUT2D eigenvalue weighted by Crippen LogP contribution is 2.35. The lowest BCUT2D eigenvalue weighted by Gasteiger charge is -2.27. The molecule has 0 aromatic heterocycles. The van der Waals surface area contributed by atoms with Gasteiger partial charge in [0.1, 0.15) is 24.1 Å². The summed E-state index contributed by atoms with van der Waals surface area (Å²) in [5, 5.41) is 0. The number of ether oxygens (including phenoxy) is 3. The summed E-state index contributed by atoms with van der Waals surface area (Å²) in [6, 6.07) is 12.8. The molecule has 2 aromatic carbocycles. The first-order valence-corrected chi connectivity index (χ1v) is 11.4. The third-order valence-corrected chi connectivity index (χ3v) is 6.88. The Bertz CT molecular complexity index is 955. The molecule has 8 heteroatoms. The molecule has 1 aliphatic rings. The molecule has 2 aromatic rings. The lowest BCUT2D eigenvalue weighted by Crippen LogP contribution is -2.38. The van der Waals surface area contributed by atoms with E-state index >= 15 is 0 Å². The monoisotopic (exact) mass is 433 g/mol. The number of carbonyl (C=O) groups is 1. The predicted octanol–water partition coefficient (Wildman–Crippen LogP) is 3.78. The van der Waals surface area contributed by atoms with Gasteiger partial charge in [0.15, 0.2) is 0 Å². The van der Waals surface area contributed by atoms with Crippen molar-refractivity contribution < 1.29 is 27.4 Å². The summed E-state index contributed by atoms with van der Waals surface area (Å²) in [6.45, 7) is -0.461. The fourth-order valence-electron chi connectivity index (χ4n) is 3.53. The van der Waals surface area contributed by atoms with Crippen LogP contribution in [0.25, 0.3) is 0 Å². The molecule has 1 saturated carbocycles. The Morgan fingerprint density at radius 1 is 1.00 bits per heavy atom. The third-order valence-electron chi connectivity index (χ3n) is 5.11. The third kappa shape index (κ3) is 5.05. The van der Waals surface area contributed by atoms with Crippen molar-refractivity contribution in [2.75, 3.05) is 25.1 Å². The van der Waals surface area contributed by atoms with Gasteiger partial charge in [0.2, 0.25) is 0 Å². The second-order valence-electron chi connectivity index (χ2n) is 7.11. The molecule has 162 valence electrons. The van der Waals surface area contributed by atoms with Crippen LogP contribution < -0.4 is 13.8 Å². The van der Waals surface area contributed by atoms with Gasteiger partial charge in [-0.05, 0) is 49.9 Å². The number of esters is 1. The van der Waals surface area contributed by atoms with Crippen LogP contribution in [-0.4, -0.2) is 41.3 Å². The van der Waals surface area contributed by atoms with Crippen molar-refractivity contribution in [3.05, 3.63) is 48.5 Å². The van der Waals surface area contributed by atoms with E-state index < -0.39 is 22.5 Å². The topological polar surface area (TPSA) is 82.1 Å². The van der Waals surface area contributed by atoms with Crippen LogP contribution >= 0.6 is 0 Å². The molecule has 0 unspecified atom stereocenters. The zero-order valence-electron chi connectivity index (χ0n) is 17.2. The van der Waals surface area contributed by atoms with Gasteiger partial charge in [-0.15, -0.1) is 0 Å². The maximum Gasteiger partial charge on any atom is 0.327 e. The van der Waals surface area contributed by atoms with Gasteiger partial charge >= 0.3 is 5.97 Å². The minimum atomic E-state index is -4.05. The first-order valence-electron chi connectivity index (χ1n) is 9.95. The van der Waals surface area contributed by atoms with Gasteiger partial charge in [0, 0.05) is 6.07 Å². The number of carbonyl (C=O) groups excluding carboxylic acids is 1. The largest absolute Gasteiger partial charge is 0.497 e. The maximum atomic E-state index is 13.5. The van der Waals surface area contributed by atoms with E-state index in [9.17, 15) is 13.2 Å². The fourth-order valence-corrected chi connectivity index (χ4v) is 4.97. The first kappa shape index (κ1) is 22.0. The molecule has 0 amide bonds. The van der Waals surface area contributed by atoms with Crippen molar-refractivity contribution in [2.24, 2.45) is 0 Å². The molecular formula is C22H27NO6S. The molecule has 0 heterocycles. The smallest absolute Gasteiger partial charge is 0.327 e. The molecule has 0 bridgehead atoms. The summed E-state index contributed by atoms with van der Waals surface area (Å²) in [7, 11) is -1.12. The summed E-state index contributed by atoms with van der Waals surface area (Å²) in [6.07, 6.45) is 4.59. The van der Waals surface area contributed by atoms with Gasteiger partial charge in [-0.3, -0.25) is 9.10 Å². The van der Waals surface area contributed by atoms with Crippen molar-refractivity contribution in [1.82, 2.24) is 0 Å². The average Bonchev–Trinajstić information content (AvgIpc) is 2.78. The first-order chi connectivity index (χ1) is 14.5. The van der Waals surface area contributed by atoms with Crippen molar-refractivity contribution in [2.45, 2.75) is 43.1 Å². The molecule has 0 atom stereocenters. The quantitative estimate of drug-likeness (QED) is 0.590. The lowest BCUT2D eigenvalue weighted by molar-refractivity contribution is -0.148. The second kappa shape index (κ2) is 9.84. The van der Waals surface area contributed by atoms with Crippen LogP contribution in [0.1, 0.15) is 32.1 Å². The molecule has 30 heavy (non-hydrogen) atoms. The number of hydrogen-bond donors (Lipinski definition) is 0. The molecule has 0 saturated heterocycles. The SMILES string of the molecule is COc1ccc(OC)c(N(CC(=O)OC2CCCCC2)S(=O)(=O)c2ccccc2)c1.